The molecule has 0 radical (unpaired) electrons. The lowest BCUT2D eigenvalue weighted by molar-refractivity contribution is -0.142. The summed E-state index contributed by atoms with van der Waals surface area (Å²) in [6.45, 7) is 6.29. The Bertz CT molecular complexity index is 2690. The number of carbonyl (C=O) groups excluding carboxylic acids is 10. The number of rotatable bonds is 38. The van der Waals surface area contributed by atoms with E-state index in [2.05, 4.69) is 57.8 Å². The number of aromatic nitrogens is 2. The standard InChI is InChI=1S/C55H79N13O14S2/c1-30(2)21-38(50(77)62-36(47(57)74)17-19-83-5)61-43(69)28-59-55(82)46(31(3)4)68-54(81)40(23-33-15-11-8-12-16-33)65-51(78)39(22-32-13-9-7-10-14-32)64-53(80)42(26-45(72)73)67-52(79)41(24-34-27-58-29-60-34)66-49(76)37(18-20-84-6)63-48(75)35(56)25-44(70)71/h7-16,27,29-31,35-42,46H,17-26,28,56H2,1-6H3,(H2,57,74)(H,58,60)(H,59,82)(H,61,69)(H,62,77)(H,63,75)(H,64,80)(H,65,78)(H,66,76)(H,67,79)(H,68,81)(H,70,71)(H,72,73)/t35-,36+,37+,38-,39+,40-,41+,42+,46-/m1/s1. The van der Waals surface area contributed by atoms with E-state index in [-0.39, 0.29) is 44.4 Å². The van der Waals surface area contributed by atoms with Gasteiger partial charge in [-0.2, -0.15) is 23.5 Å². The lowest BCUT2D eigenvalue weighted by Gasteiger charge is -2.28. The van der Waals surface area contributed by atoms with Crippen molar-refractivity contribution in [1.29, 1.82) is 0 Å². The van der Waals surface area contributed by atoms with Crippen LogP contribution in [0, 0.1) is 11.8 Å². The van der Waals surface area contributed by atoms with E-state index in [0.29, 0.717) is 28.3 Å². The molecule has 0 bridgehead atoms. The van der Waals surface area contributed by atoms with Gasteiger partial charge in [-0.05, 0) is 66.2 Å². The lowest BCUT2D eigenvalue weighted by Crippen LogP contribution is -2.61. The van der Waals surface area contributed by atoms with Crippen LogP contribution in [0.1, 0.15) is 76.6 Å². The largest absolute Gasteiger partial charge is 0.481 e. The van der Waals surface area contributed by atoms with E-state index in [1.54, 1.807) is 80.8 Å². The van der Waals surface area contributed by atoms with Crippen LogP contribution in [-0.4, -0.2) is 176 Å². The van der Waals surface area contributed by atoms with Crippen LogP contribution in [0.25, 0.3) is 0 Å². The fraction of sp³-hybridized carbons (Fsp3) is 0.509. The average Bonchev–Trinajstić information content (AvgIpc) is 4.00. The molecule has 0 unspecified atom stereocenters. The van der Waals surface area contributed by atoms with E-state index in [0.717, 1.165) is 0 Å². The minimum Gasteiger partial charge on any atom is -0.481 e. The Morgan fingerprint density at radius 1 is 0.536 bits per heavy atom. The number of nitrogens with zero attached hydrogens (tertiary/aromatic N) is 1. The van der Waals surface area contributed by atoms with Crippen LogP contribution in [0.4, 0.5) is 0 Å². The first kappa shape index (κ1) is 70.2. The van der Waals surface area contributed by atoms with Crippen molar-refractivity contribution in [2.24, 2.45) is 23.3 Å². The SMILES string of the molecule is CSCC[C@H](NC(=O)[C@@H](CC(C)C)NC(=O)CNC(=O)[C@H](NC(=O)[C@@H](Cc1ccccc1)NC(=O)[C@H](Cc1ccccc1)NC(=O)[C@H](CC(=O)O)NC(=O)[C@H](Cc1cnc[nH]1)NC(=O)[C@H](CCSC)NC(=O)[C@H](N)CC(=O)O)C(C)C)C(N)=O. The van der Waals surface area contributed by atoms with E-state index >= 15 is 0 Å². The third-order valence-corrected chi connectivity index (χ3v) is 14.0. The molecule has 9 atom stereocenters. The second kappa shape index (κ2) is 36.5. The van der Waals surface area contributed by atoms with Crippen LogP contribution >= 0.6 is 23.5 Å². The van der Waals surface area contributed by atoms with Gasteiger partial charge < -0.3 is 74.5 Å². The Hall–Kier alpha value is -8.05. The van der Waals surface area contributed by atoms with Crippen molar-refractivity contribution < 1.29 is 67.7 Å². The highest BCUT2D eigenvalue weighted by molar-refractivity contribution is 7.98. The first-order valence-electron chi connectivity index (χ1n) is 27.0. The maximum absolute atomic E-state index is 14.6. The maximum atomic E-state index is 14.6. The van der Waals surface area contributed by atoms with Gasteiger partial charge in [0, 0.05) is 31.2 Å². The van der Waals surface area contributed by atoms with Gasteiger partial charge in [0.2, 0.25) is 59.1 Å². The first-order chi connectivity index (χ1) is 39.8. The van der Waals surface area contributed by atoms with Crippen LogP contribution in [0.2, 0.25) is 0 Å². The Morgan fingerprint density at radius 2 is 0.976 bits per heavy atom. The first-order valence-corrected chi connectivity index (χ1v) is 29.8. The monoisotopic (exact) mass is 1210 g/mol. The molecule has 0 saturated heterocycles. The summed E-state index contributed by atoms with van der Waals surface area (Å²) in [7, 11) is 0. The van der Waals surface area contributed by atoms with Gasteiger partial charge in [0.1, 0.15) is 48.3 Å². The minimum absolute atomic E-state index is 0.0124. The topological polar surface area (TPSA) is 434 Å². The molecule has 29 heteroatoms. The van der Waals surface area contributed by atoms with Crippen molar-refractivity contribution in [1.82, 2.24) is 57.8 Å². The number of H-pyrrole nitrogens is 1. The van der Waals surface area contributed by atoms with Crippen LogP contribution < -0.4 is 59.3 Å². The summed E-state index contributed by atoms with van der Waals surface area (Å²) < 4.78 is 0. The lowest BCUT2D eigenvalue weighted by atomic mass is 9.99. The molecule has 1 heterocycles. The number of nitrogens with one attached hydrogen (secondary N) is 10. The minimum atomic E-state index is -1.90. The molecule has 0 aliphatic heterocycles. The Labute approximate surface area is 495 Å². The zero-order valence-electron chi connectivity index (χ0n) is 47.8. The van der Waals surface area contributed by atoms with Crippen LogP contribution in [-0.2, 0) is 76.8 Å². The van der Waals surface area contributed by atoms with E-state index in [1.807, 2.05) is 20.1 Å². The number of primary amides is 1. The number of carboxylic acids is 2. The summed E-state index contributed by atoms with van der Waals surface area (Å²) >= 11 is 2.78. The van der Waals surface area contributed by atoms with Gasteiger partial charge in [0.05, 0.1) is 31.8 Å². The summed E-state index contributed by atoms with van der Waals surface area (Å²) in [4.78, 5) is 167. The highest BCUT2D eigenvalue weighted by Crippen LogP contribution is 2.13. The smallest absolute Gasteiger partial charge is 0.305 e. The second-order valence-electron chi connectivity index (χ2n) is 20.5. The number of aliphatic carboxylic acids is 2. The van der Waals surface area contributed by atoms with E-state index in [4.69, 9.17) is 16.6 Å². The third-order valence-electron chi connectivity index (χ3n) is 12.7. The summed E-state index contributed by atoms with van der Waals surface area (Å²) in [5.41, 5.74) is 12.7. The van der Waals surface area contributed by atoms with E-state index < -0.39 is 151 Å². The zero-order chi connectivity index (χ0) is 62.5. The fourth-order valence-corrected chi connectivity index (χ4v) is 9.23. The molecule has 0 saturated carbocycles. The highest BCUT2D eigenvalue weighted by Gasteiger charge is 2.36. The number of hydrogen-bond acceptors (Lipinski definition) is 16. The van der Waals surface area contributed by atoms with Crippen molar-refractivity contribution in [2.45, 2.75) is 133 Å². The summed E-state index contributed by atoms with van der Waals surface area (Å²) in [5, 5.41) is 42.1. The van der Waals surface area contributed by atoms with Gasteiger partial charge in [-0.25, -0.2) is 4.98 Å². The number of hydrogen-bond donors (Lipinski definition) is 14. The normalized spacial score (nSPS) is 14.3. The molecule has 3 aromatic rings. The predicted octanol–water partition coefficient (Wildman–Crippen LogP) is -1.60. The number of aromatic amines is 1. The number of amides is 10. The van der Waals surface area contributed by atoms with Crippen molar-refractivity contribution >= 4 is 94.5 Å². The summed E-state index contributed by atoms with van der Waals surface area (Å²) in [5.74, 6) is -11.5. The predicted molar refractivity (Wildman–Crippen MR) is 313 cm³/mol. The Kier molecular flexibility index (Phi) is 30.5. The molecule has 2 aromatic carbocycles. The van der Waals surface area contributed by atoms with Gasteiger partial charge in [-0.15, -0.1) is 0 Å². The molecule has 0 aliphatic carbocycles. The van der Waals surface area contributed by atoms with Crippen LogP contribution in [0.3, 0.4) is 0 Å². The number of thioether (sulfide) groups is 2. The van der Waals surface area contributed by atoms with E-state index in [1.165, 1.54) is 36.0 Å². The zero-order valence-corrected chi connectivity index (χ0v) is 49.4. The molecule has 27 nitrogen and oxygen atoms in total. The molecule has 3 rings (SSSR count). The summed E-state index contributed by atoms with van der Waals surface area (Å²) in [6, 6.07) is 4.14. The molecule has 0 fully saturated rings. The van der Waals surface area contributed by atoms with Crippen molar-refractivity contribution in [3.8, 4) is 0 Å². The van der Waals surface area contributed by atoms with Crippen molar-refractivity contribution in [3.63, 3.8) is 0 Å². The number of nitrogens with two attached hydrogens (primary N) is 2. The van der Waals surface area contributed by atoms with Gasteiger partial charge in [0.15, 0.2) is 0 Å². The quantitative estimate of drug-likeness (QED) is 0.0307. The van der Waals surface area contributed by atoms with Gasteiger partial charge in [-0.1, -0.05) is 88.4 Å². The third kappa shape index (κ3) is 25.6. The molecule has 460 valence electrons. The molecular weight excluding hydrogens is 1130 g/mol. The number of benzene rings is 2. The van der Waals surface area contributed by atoms with Crippen LogP contribution in [0.5, 0.6) is 0 Å². The number of imidazole rings is 1. The Balaban J connectivity index is 1.92. The molecule has 1 aromatic heterocycles. The molecule has 0 aliphatic rings. The van der Waals surface area contributed by atoms with Gasteiger partial charge in [0.25, 0.3) is 0 Å². The molecule has 0 spiro atoms. The summed E-state index contributed by atoms with van der Waals surface area (Å²) in [6.07, 6.45) is 4.23. The average molecular weight is 1210 g/mol. The second-order valence-corrected chi connectivity index (χ2v) is 22.5. The maximum Gasteiger partial charge on any atom is 0.305 e. The fourth-order valence-electron chi connectivity index (χ4n) is 8.29. The van der Waals surface area contributed by atoms with E-state index in [9.17, 15) is 62.6 Å². The highest BCUT2D eigenvalue weighted by atomic mass is 32.2. The molecule has 84 heavy (non-hydrogen) atoms. The van der Waals surface area contributed by atoms with Crippen molar-refractivity contribution in [2.75, 3.05) is 30.6 Å². The van der Waals surface area contributed by atoms with Crippen molar-refractivity contribution in [3.05, 3.63) is 90.0 Å². The van der Waals surface area contributed by atoms with Gasteiger partial charge in [-0.3, -0.25) is 57.5 Å². The molecule has 16 N–H and O–H groups in total. The molecule has 10 amide bonds. The Morgan fingerprint density at radius 3 is 1.44 bits per heavy atom. The number of carboxylic acid groups (broad SMARTS) is 2. The van der Waals surface area contributed by atoms with Gasteiger partial charge >= 0.3 is 11.9 Å². The number of carbonyl (C=O) groups is 12. The van der Waals surface area contributed by atoms with Crippen LogP contribution in [0.15, 0.2) is 73.2 Å². The molecular formula is C55H79N13O14S2.